The van der Waals surface area contributed by atoms with Crippen molar-refractivity contribution in [2.75, 3.05) is 20.7 Å². The third kappa shape index (κ3) is 3.21. The van der Waals surface area contributed by atoms with Crippen molar-refractivity contribution in [1.29, 1.82) is 0 Å². The van der Waals surface area contributed by atoms with Gasteiger partial charge in [-0.1, -0.05) is 19.1 Å². The van der Waals surface area contributed by atoms with Gasteiger partial charge in [-0.15, -0.1) is 0 Å². The fourth-order valence-electron chi connectivity index (χ4n) is 3.38. The molecule has 1 aromatic carbocycles. The normalized spacial score (nSPS) is 14.0. The van der Waals surface area contributed by atoms with E-state index in [-0.39, 0.29) is 24.2 Å². The second-order valence-electron chi connectivity index (χ2n) is 6.60. The van der Waals surface area contributed by atoms with E-state index in [0.29, 0.717) is 11.4 Å². The molecule has 1 unspecified atom stereocenters. The monoisotopic (exact) mass is 359 g/mol. The third-order valence-electron chi connectivity index (χ3n) is 4.71. The first kappa shape index (κ1) is 18.1. The number of esters is 1. The van der Waals surface area contributed by atoms with Gasteiger partial charge < -0.3 is 9.64 Å². The first-order valence-electron chi connectivity index (χ1n) is 8.63. The molecule has 0 aliphatic heterocycles. The molecule has 26 heavy (non-hydrogen) atoms. The van der Waals surface area contributed by atoms with E-state index in [1.807, 2.05) is 0 Å². The van der Waals surface area contributed by atoms with Gasteiger partial charge in [0.2, 0.25) is 0 Å². The minimum absolute atomic E-state index is 0.229. The van der Waals surface area contributed by atoms with Crippen LogP contribution in [0.4, 0.5) is 4.39 Å². The van der Waals surface area contributed by atoms with Crippen molar-refractivity contribution in [1.82, 2.24) is 14.7 Å². The van der Waals surface area contributed by atoms with Gasteiger partial charge in [-0.2, -0.15) is 5.10 Å². The Morgan fingerprint density at radius 3 is 2.77 bits per heavy atom. The summed E-state index contributed by atoms with van der Waals surface area (Å²) < 4.78 is 20.5. The molecular weight excluding hydrogens is 337 g/mol. The topological polar surface area (TPSA) is 64.4 Å². The summed E-state index contributed by atoms with van der Waals surface area (Å²) in [4.78, 5) is 25.9. The highest BCUT2D eigenvalue weighted by Crippen LogP contribution is 2.29. The van der Waals surface area contributed by atoms with Gasteiger partial charge in [0.1, 0.15) is 11.5 Å². The summed E-state index contributed by atoms with van der Waals surface area (Å²) in [5.41, 5.74) is 2.43. The molecule has 1 heterocycles. The van der Waals surface area contributed by atoms with Crippen LogP contribution in [0.25, 0.3) is 5.69 Å². The second kappa shape index (κ2) is 7.27. The molecule has 0 radical (unpaired) electrons. The zero-order valence-electron chi connectivity index (χ0n) is 15.2. The van der Waals surface area contributed by atoms with E-state index in [0.717, 1.165) is 30.5 Å². The van der Waals surface area contributed by atoms with Crippen LogP contribution < -0.4 is 0 Å². The van der Waals surface area contributed by atoms with E-state index in [1.54, 1.807) is 36.9 Å². The van der Waals surface area contributed by atoms with Crippen molar-refractivity contribution in [2.24, 2.45) is 5.92 Å². The van der Waals surface area contributed by atoms with Gasteiger partial charge in [0, 0.05) is 24.8 Å². The van der Waals surface area contributed by atoms with Crippen molar-refractivity contribution < 1.29 is 18.7 Å². The zero-order chi connectivity index (χ0) is 18.8. The number of amides is 1. The number of carbonyl (C=O) groups excluding carboxylic acids is 2. The standard InChI is InChI=1S/C19H22FN3O3/c1-12(19(25)26-3)11-22(2)18(24)17-13-7-6-10-15(13)23(21-17)16-9-5-4-8-14(16)20/h4-5,8-9,12H,6-7,10-11H2,1-3H3. The fourth-order valence-corrected chi connectivity index (χ4v) is 3.38. The summed E-state index contributed by atoms with van der Waals surface area (Å²) in [5, 5.41) is 4.43. The lowest BCUT2D eigenvalue weighted by atomic mass is 10.1. The van der Waals surface area contributed by atoms with Gasteiger partial charge in [-0.25, -0.2) is 9.07 Å². The Morgan fingerprint density at radius 2 is 2.08 bits per heavy atom. The smallest absolute Gasteiger partial charge is 0.310 e. The molecule has 138 valence electrons. The highest BCUT2D eigenvalue weighted by atomic mass is 19.1. The molecule has 0 fully saturated rings. The Kier molecular flexibility index (Phi) is 5.06. The maximum Gasteiger partial charge on any atom is 0.310 e. The highest BCUT2D eigenvalue weighted by Gasteiger charge is 2.30. The third-order valence-corrected chi connectivity index (χ3v) is 4.71. The molecule has 0 N–H and O–H groups in total. The first-order valence-corrected chi connectivity index (χ1v) is 8.63. The van der Waals surface area contributed by atoms with Crippen molar-refractivity contribution in [2.45, 2.75) is 26.2 Å². The van der Waals surface area contributed by atoms with Crippen LogP contribution in [0, 0.1) is 11.7 Å². The summed E-state index contributed by atoms with van der Waals surface area (Å²) in [5.74, 6) is -1.45. The number of halogens is 1. The molecule has 1 aliphatic carbocycles. The van der Waals surface area contributed by atoms with E-state index < -0.39 is 5.92 Å². The number of hydrogen-bond acceptors (Lipinski definition) is 4. The molecule has 1 atom stereocenters. The number of nitrogens with zero attached hydrogens (tertiary/aromatic N) is 3. The fraction of sp³-hybridized carbons (Fsp3) is 0.421. The minimum atomic E-state index is -0.435. The van der Waals surface area contributed by atoms with Gasteiger partial charge in [0.15, 0.2) is 5.69 Å². The van der Waals surface area contributed by atoms with Crippen LogP contribution in [0.5, 0.6) is 0 Å². The number of fused-ring (bicyclic) bond motifs is 1. The maximum atomic E-state index is 14.2. The molecule has 7 heteroatoms. The largest absolute Gasteiger partial charge is 0.469 e. The van der Waals surface area contributed by atoms with Crippen molar-refractivity contribution in [3.05, 3.63) is 47.0 Å². The molecule has 1 aromatic heterocycles. The minimum Gasteiger partial charge on any atom is -0.469 e. The van der Waals surface area contributed by atoms with E-state index >= 15 is 0 Å². The molecule has 0 saturated heterocycles. The lowest BCUT2D eigenvalue weighted by Crippen LogP contribution is -2.34. The van der Waals surface area contributed by atoms with E-state index in [2.05, 4.69) is 5.10 Å². The molecule has 6 nitrogen and oxygen atoms in total. The summed E-state index contributed by atoms with van der Waals surface area (Å²) in [7, 11) is 2.95. The number of methoxy groups -OCH3 is 1. The van der Waals surface area contributed by atoms with Crippen molar-refractivity contribution in [3.8, 4) is 5.69 Å². The second-order valence-corrected chi connectivity index (χ2v) is 6.60. The molecular formula is C19H22FN3O3. The molecule has 0 bridgehead atoms. The van der Waals surface area contributed by atoms with Gasteiger partial charge >= 0.3 is 5.97 Å². The summed E-state index contributed by atoms with van der Waals surface area (Å²) in [6.45, 7) is 1.94. The zero-order valence-corrected chi connectivity index (χ0v) is 15.2. The molecule has 0 spiro atoms. The lowest BCUT2D eigenvalue weighted by molar-refractivity contribution is -0.145. The average molecular weight is 359 g/mol. The van der Waals surface area contributed by atoms with Crippen LogP contribution in [0.3, 0.4) is 0 Å². The summed E-state index contributed by atoms with van der Waals surface area (Å²) in [6, 6.07) is 6.39. The van der Waals surface area contributed by atoms with E-state index in [9.17, 15) is 14.0 Å². The van der Waals surface area contributed by atoms with Gasteiger partial charge in [0.25, 0.3) is 5.91 Å². The van der Waals surface area contributed by atoms with Gasteiger partial charge in [-0.3, -0.25) is 9.59 Å². The van der Waals surface area contributed by atoms with Crippen LogP contribution in [0.1, 0.15) is 35.1 Å². The molecule has 1 amide bonds. The summed E-state index contributed by atoms with van der Waals surface area (Å²) in [6.07, 6.45) is 2.40. The summed E-state index contributed by atoms with van der Waals surface area (Å²) >= 11 is 0. The molecule has 0 saturated carbocycles. The first-order chi connectivity index (χ1) is 12.4. The molecule has 3 rings (SSSR count). The van der Waals surface area contributed by atoms with Gasteiger partial charge in [-0.05, 0) is 31.4 Å². The Labute approximate surface area is 151 Å². The number of ether oxygens (including phenoxy) is 1. The van der Waals surface area contributed by atoms with Crippen molar-refractivity contribution >= 4 is 11.9 Å². The van der Waals surface area contributed by atoms with Crippen molar-refractivity contribution in [3.63, 3.8) is 0 Å². The predicted molar refractivity (Wildman–Crippen MR) is 93.7 cm³/mol. The maximum absolute atomic E-state index is 14.2. The Balaban J connectivity index is 1.92. The van der Waals surface area contributed by atoms with Crippen LogP contribution in [0.15, 0.2) is 24.3 Å². The van der Waals surface area contributed by atoms with E-state index in [1.165, 1.54) is 18.1 Å². The Morgan fingerprint density at radius 1 is 1.35 bits per heavy atom. The number of carbonyl (C=O) groups is 2. The molecule has 1 aliphatic rings. The number of aromatic nitrogens is 2. The molecule has 2 aromatic rings. The SMILES string of the molecule is COC(=O)C(C)CN(C)C(=O)c1nn(-c2ccccc2F)c2c1CCC2. The average Bonchev–Trinajstić information content (AvgIpc) is 3.23. The van der Waals surface area contributed by atoms with E-state index in [4.69, 9.17) is 4.74 Å². The lowest BCUT2D eigenvalue weighted by Gasteiger charge is -2.19. The number of benzene rings is 1. The number of rotatable bonds is 5. The Hall–Kier alpha value is -2.70. The quantitative estimate of drug-likeness (QED) is 0.769. The van der Waals surface area contributed by atoms with Crippen LogP contribution >= 0.6 is 0 Å². The Bertz CT molecular complexity index is 847. The van der Waals surface area contributed by atoms with Gasteiger partial charge in [0.05, 0.1) is 13.0 Å². The number of para-hydroxylation sites is 1. The number of hydrogen-bond donors (Lipinski definition) is 0. The van der Waals surface area contributed by atoms with Crippen LogP contribution in [-0.4, -0.2) is 47.3 Å². The van der Waals surface area contributed by atoms with Crippen LogP contribution in [-0.2, 0) is 22.4 Å². The predicted octanol–water partition coefficient (Wildman–Crippen LogP) is 2.38. The van der Waals surface area contributed by atoms with Crippen LogP contribution in [0.2, 0.25) is 0 Å². The highest BCUT2D eigenvalue weighted by molar-refractivity contribution is 5.94.